The highest BCUT2D eigenvalue weighted by Crippen LogP contribution is 2.27. The molecule has 120 valence electrons. The van der Waals surface area contributed by atoms with Gasteiger partial charge in [-0.3, -0.25) is 9.59 Å². The predicted octanol–water partition coefficient (Wildman–Crippen LogP) is 1.74. The lowest BCUT2D eigenvalue weighted by Gasteiger charge is -2.19. The Morgan fingerprint density at radius 3 is 2.74 bits per heavy atom. The van der Waals surface area contributed by atoms with Gasteiger partial charge in [-0.1, -0.05) is 0 Å². The summed E-state index contributed by atoms with van der Waals surface area (Å²) in [4.78, 5) is 25.6. The molecule has 0 radical (unpaired) electrons. The average Bonchev–Trinajstić information content (AvgIpc) is 3.17. The zero-order chi connectivity index (χ0) is 16.2. The molecule has 1 saturated heterocycles. The maximum absolute atomic E-state index is 12.0. The maximum Gasteiger partial charge on any atom is 0.227 e. The molecule has 1 aromatic carbocycles. The SMILES string of the molecule is Cc1cc(NC(=O)CCn2cnnc2)ccc1N1CCCC1=O. The van der Waals surface area contributed by atoms with E-state index in [4.69, 9.17) is 0 Å². The summed E-state index contributed by atoms with van der Waals surface area (Å²) in [5.41, 5.74) is 2.65. The van der Waals surface area contributed by atoms with E-state index in [9.17, 15) is 9.59 Å². The van der Waals surface area contributed by atoms with Gasteiger partial charge in [0.2, 0.25) is 11.8 Å². The van der Waals surface area contributed by atoms with Crippen LogP contribution in [0.3, 0.4) is 0 Å². The summed E-state index contributed by atoms with van der Waals surface area (Å²) >= 11 is 0. The van der Waals surface area contributed by atoms with Crippen LogP contribution >= 0.6 is 0 Å². The Hall–Kier alpha value is -2.70. The Balaban J connectivity index is 1.61. The molecule has 7 heteroatoms. The Kier molecular flexibility index (Phi) is 4.36. The molecule has 1 aliphatic heterocycles. The van der Waals surface area contributed by atoms with E-state index in [1.807, 2.05) is 30.0 Å². The molecule has 23 heavy (non-hydrogen) atoms. The molecule has 7 nitrogen and oxygen atoms in total. The Labute approximate surface area is 134 Å². The third-order valence-corrected chi connectivity index (χ3v) is 3.91. The zero-order valence-electron chi connectivity index (χ0n) is 13.0. The Morgan fingerprint density at radius 1 is 1.30 bits per heavy atom. The number of hydrogen-bond donors (Lipinski definition) is 1. The summed E-state index contributed by atoms with van der Waals surface area (Å²) < 4.78 is 1.76. The second kappa shape index (κ2) is 6.60. The van der Waals surface area contributed by atoms with Crippen molar-refractivity contribution in [3.63, 3.8) is 0 Å². The van der Waals surface area contributed by atoms with E-state index >= 15 is 0 Å². The summed E-state index contributed by atoms with van der Waals surface area (Å²) in [6.07, 6.45) is 5.03. The minimum absolute atomic E-state index is 0.0666. The molecule has 0 spiro atoms. The largest absolute Gasteiger partial charge is 0.326 e. The lowest BCUT2D eigenvalue weighted by molar-refractivity contribution is -0.117. The molecule has 1 aromatic heterocycles. The van der Waals surface area contributed by atoms with Crippen LogP contribution in [0, 0.1) is 6.92 Å². The van der Waals surface area contributed by atoms with Gasteiger partial charge in [0.15, 0.2) is 0 Å². The van der Waals surface area contributed by atoms with E-state index in [0.29, 0.717) is 19.4 Å². The normalized spacial score (nSPS) is 14.3. The number of anilines is 2. The van der Waals surface area contributed by atoms with Gasteiger partial charge in [-0.2, -0.15) is 0 Å². The van der Waals surface area contributed by atoms with Gasteiger partial charge in [-0.15, -0.1) is 10.2 Å². The van der Waals surface area contributed by atoms with Crippen molar-refractivity contribution in [2.24, 2.45) is 0 Å². The number of rotatable bonds is 5. The molecule has 1 aliphatic rings. The van der Waals surface area contributed by atoms with Gasteiger partial charge >= 0.3 is 0 Å². The summed E-state index contributed by atoms with van der Waals surface area (Å²) in [5.74, 6) is 0.0990. The van der Waals surface area contributed by atoms with Gasteiger partial charge in [0.25, 0.3) is 0 Å². The quantitative estimate of drug-likeness (QED) is 0.912. The first-order valence-corrected chi connectivity index (χ1v) is 7.67. The van der Waals surface area contributed by atoms with Gasteiger partial charge in [0.05, 0.1) is 0 Å². The first kappa shape index (κ1) is 15.2. The number of carbonyl (C=O) groups is 2. The van der Waals surface area contributed by atoms with Crippen LogP contribution in [0.15, 0.2) is 30.9 Å². The van der Waals surface area contributed by atoms with Crippen LogP contribution in [-0.4, -0.2) is 33.1 Å². The Morgan fingerprint density at radius 2 is 2.09 bits per heavy atom. The lowest BCUT2D eigenvalue weighted by Crippen LogP contribution is -2.24. The molecule has 3 rings (SSSR count). The number of carbonyl (C=O) groups excluding carboxylic acids is 2. The molecular formula is C16H19N5O2. The minimum atomic E-state index is -0.0666. The number of hydrogen-bond acceptors (Lipinski definition) is 4. The van der Waals surface area contributed by atoms with Crippen LogP contribution in [0.25, 0.3) is 0 Å². The topological polar surface area (TPSA) is 80.1 Å². The van der Waals surface area contributed by atoms with Gasteiger partial charge in [0.1, 0.15) is 12.7 Å². The first-order valence-electron chi connectivity index (χ1n) is 7.67. The molecule has 2 amide bonds. The van der Waals surface area contributed by atoms with E-state index in [2.05, 4.69) is 15.5 Å². The molecular weight excluding hydrogens is 294 g/mol. The number of amides is 2. The molecule has 2 aromatic rings. The minimum Gasteiger partial charge on any atom is -0.326 e. The van der Waals surface area contributed by atoms with E-state index < -0.39 is 0 Å². The molecule has 0 atom stereocenters. The molecule has 1 fully saturated rings. The molecule has 2 heterocycles. The number of aromatic nitrogens is 3. The number of benzene rings is 1. The van der Waals surface area contributed by atoms with Crippen molar-refractivity contribution in [1.82, 2.24) is 14.8 Å². The van der Waals surface area contributed by atoms with Crippen LogP contribution in [0.2, 0.25) is 0 Å². The van der Waals surface area contributed by atoms with Crippen molar-refractivity contribution in [3.8, 4) is 0 Å². The highest BCUT2D eigenvalue weighted by molar-refractivity contribution is 5.97. The smallest absolute Gasteiger partial charge is 0.227 e. The van der Waals surface area contributed by atoms with Crippen LogP contribution in [0.4, 0.5) is 11.4 Å². The summed E-state index contributed by atoms with van der Waals surface area (Å²) in [6.45, 7) is 3.26. The summed E-state index contributed by atoms with van der Waals surface area (Å²) in [5, 5.41) is 10.3. The third kappa shape index (κ3) is 3.56. The van der Waals surface area contributed by atoms with Crippen molar-refractivity contribution in [3.05, 3.63) is 36.4 Å². The number of nitrogens with one attached hydrogen (secondary N) is 1. The molecule has 0 saturated carbocycles. The van der Waals surface area contributed by atoms with E-state index in [1.54, 1.807) is 17.2 Å². The monoisotopic (exact) mass is 313 g/mol. The van der Waals surface area contributed by atoms with E-state index in [1.165, 1.54) is 0 Å². The summed E-state index contributed by atoms with van der Waals surface area (Å²) in [7, 11) is 0. The van der Waals surface area contributed by atoms with Crippen LogP contribution < -0.4 is 10.2 Å². The lowest BCUT2D eigenvalue weighted by atomic mass is 10.1. The second-order valence-electron chi connectivity index (χ2n) is 5.65. The van der Waals surface area contributed by atoms with E-state index in [0.717, 1.165) is 29.9 Å². The van der Waals surface area contributed by atoms with Crippen LogP contribution in [0.5, 0.6) is 0 Å². The fraction of sp³-hybridized carbons (Fsp3) is 0.375. The van der Waals surface area contributed by atoms with Crippen LogP contribution in [0.1, 0.15) is 24.8 Å². The van der Waals surface area contributed by atoms with Gasteiger partial charge in [-0.05, 0) is 37.1 Å². The highest BCUT2D eigenvalue weighted by atomic mass is 16.2. The van der Waals surface area contributed by atoms with Crippen molar-refractivity contribution < 1.29 is 9.59 Å². The standard InChI is InChI=1S/C16H19N5O2/c1-12-9-13(4-5-14(12)21-7-2-3-16(21)23)19-15(22)6-8-20-10-17-18-11-20/h4-5,9-11H,2-3,6-8H2,1H3,(H,19,22). The van der Waals surface area contributed by atoms with Crippen molar-refractivity contribution in [2.45, 2.75) is 32.7 Å². The fourth-order valence-corrected chi connectivity index (χ4v) is 2.73. The molecule has 0 bridgehead atoms. The van der Waals surface area contributed by atoms with Gasteiger partial charge in [-0.25, -0.2) is 0 Å². The first-order chi connectivity index (χ1) is 11.1. The van der Waals surface area contributed by atoms with E-state index in [-0.39, 0.29) is 11.8 Å². The Bertz CT molecular complexity index is 711. The number of aryl methyl sites for hydroxylation is 2. The summed E-state index contributed by atoms with van der Waals surface area (Å²) in [6, 6.07) is 5.64. The zero-order valence-corrected chi connectivity index (χ0v) is 13.0. The second-order valence-corrected chi connectivity index (χ2v) is 5.65. The van der Waals surface area contributed by atoms with Gasteiger partial charge < -0.3 is 14.8 Å². The number of nitrogens with zero attached hydrogens (tertiary/aromatic N) is 4. The fourth-order valence-electron chi connectivity index (χ4n) is 2.73. The maximum atomic E-state index is 12.0. The van der Waals surface area contributed by atoms with Crippen molar-refractivity contribution in [1.29, 1.82) is 0 Å². The third-order valence-electron chi connectivity index (χ3n) is 3.91. The highest BCUT2D eigenvalue weighted by Gasteiger charge is 2.22. The van der Waals surface area contributed by atoms with Gasteiger partial charge in [0, 0.05) is 37.3 Å². The molecule has 1 N–H and O–H groups in total. The molecule has 0 unspecified atom stereocenters. The van der Waals surface area contributed by atoms with Crippen molar-refractivity contribution in [2.75, 3.05) is 16.8 Å². The average molecular weight is 313 g/mol. The van der Waals surface area contributed by atoms with Crippen molar-refractivity contribution >= 4 is 23.2 Å². The molecule has 0 aliphatic carbocycles. The predicted molar refractivity (Wildman–Crippen MR) is 86.0 cm³/mol. The van der Waals surface area contributed by atoms with Crippen LogP contribution in [-0.2, 0) is 16.1 Å².